The zero-order chi connectivity index (χ0) is 15.5. The number of nitrogens with two attached hydrogens (primary N) is 1. The highest BCUT2D eigenvalue weighted by Crippen LogP contribution is 2.25. The topological polar surface area (TPSA) is 78.4 Å². The molecule has 3 aromatic rings. The summed E-state index contributed by atoms with van der Waals surface area (Å²) in [5.41, 5.74) is 7.57. The van der Waals surface area contributed by atoms with Crippen LogP contribution in [-0.4, -0.2) is 17.7 Å². The first-order chi connectivity index (χ1) is 10.6. The fourth-order valence-electron chi connectivity index (χ4n) is 2.14. The van der Waals surface area contributed by atoms with Crippen LogP contribution >= 0.6 is 11.6 Å². The Bertz CT molecular complexity index is 812. The number of aromatic nitrogens is 1. The van der Waals surface area contributed by atoms with E-state index < -0.39 is 5.91 Å². The molecule has 112 valence electrons. The van der Waals surface area contributed by atoms with Crippen molar-refractivity contribution < 1.29 is 14.1 Å². The zero-order valence-corrected chi connectivity index (χ0v) is 12.3. The number of carbonyl (C=O) groups is 1. The molecular weight excluding hydrogens is 304 g/mol. The highest BCUT2D eigenvalue weighted by atomic mass is 35.5. The Hall–Kier alpha value is -2.53. The number of ether oxygens (including phenoxy) is 1. The third kappa shape index (κ3) is 3.20. The van der Waals surface area contributed by atoms with Gasteiger partial charge in [-0.2, -0.15) is 0 Å². The van der Waals surface area contributed by atoms with Crippen LogP contribution in [0.1, 0.15) is 11.3 Å². The van der Waals surface area contributed by atoms with E-state index in [1.807, 2.05) is 30.3 Å². The molecule has 0 spiro atoms. The second-order valence-electron chi connectivity index (χ2n) is 4.85. The molecule has 3 rings (SSSR count). The van der Waals surface area contributed by atoms with E-state index in [2.05, 4.69) is 5.16 Å². The number of hydrogen-bond acceptors (Lipinski definition) is 4. The molecule has 0 saturated carbocycles. The Morgan fingerprint density at radius 1 is 1.23 bits per heavy atom. The number of hydrogen-bond donors (Lipinski definition) is 1. The molecule has 1 heterocycles. The van der Waals surface area contributed by atoms with E-state index in [0.29, 0.717) is 22.8 Å². The van der Waals surface area contributed by atoms with Gasteiger partial charge in [0.25, 0.3) is 5.91 Å². The normalized spacial score (nSPS) is 10.8. The molecule has 0 aliphatic carbocycles. The van der Waals surface area contributed by atoms with Crippen molar-refractivity contribution in [3.63, 3.8) is 0 Å². The second kappa shape index (κ2) is 6.07. The minimum absolute atomic E-state index is 0.169. The van der Waals surface area contributed by atoms with Gasteiger partial charge in [0.15, 0.2) is 12.2 Å². The van der Waals surface area contributed by atoms with Crippen molar-refractivity contribution >= 4 is 28.5 Å². The van der Waals surface area contributed by atoms with E-state index in [9.17, 15) is 4.79 Å². The molecule has 22 heavy (non-hydrogen) atoms. The van der Waals surface area contributed by atoms with Gasteiger partial charge in [0.2, 0.25) is 0 Å². The number of benzene rings is 2. The van der Waals surface area contributed by atoms with Crippen LogP contribution in [-0.2, 0) is 11.2 Å². The molecule has 6 heteroatoms. The van der Waals surface area contributed by atoms with Gasteiger partial charge >= 0.3 is 0 Å². The lowest BCUT2D eigenvalue weighted by molar-refractivity contribution is -0.119. The summed E-state index contributed by atoms with van der Waals surface area (Å²) in [6.45, 7) is -0.169. The lowest BCUT2D eigenvalue weighted by Crippen LogP contribution is -2.19. The van der Waals surface area contributed by atoms with Gasteiger partial charge in [0.1, 0.15) is 5.75 Å². The van der Waals surface area contributed by atoms with Crippen molar-refractivity contribution in [3.05, 3.63) is 58.7 Å². The zero-order valence-electron chi connectivity index (χ0n) is 11.6. The SMILES string of the molecule is NC(=O)COc1ccc2c(Cc3ccc(Cl)cc3)noc2c1. The minimum atomic E-state index is -0.527. The van der Waals surface area contributed by atoms with Crippen molar-refractivity contribution in [3.8, 4) is 5.75 Å². The van der Waals surface area contributed by atoms with Gasteiger partial charge < -0.3 is 15.0 Å². The average Bonchev–Trinajstić information content (AvgIpc) is 2.90. The Labute approximate surface area is 131 Å². The van der Waals surface area contributed by atoms with Crippen LogP contribution in [0.2, 0.25) is 5.02 Å². The number of rotatable bonds is 5. The number of nitrogens with zero attached hydrogens (tertiary/aromatic N) is 1. The molecule has 0 unspecified atom stereocenters. The fraction of sp³-hybridized carbons (Fsp3) is 0.125. The standard InChI is InChI=1S/C16H13ClN2O3/c17-11-3-1-10(2-4-11)7-14-13-6-5-12(21-9-16(18)20)8-15(13)22-19-14/h1-6,8H,7,9H2,(H2,18,20). The molecule has 1 aromatic heterocycles. The van der Waals surface area contributed by atoms with Gasteiger partial charge in [-0.05, 0) is 29.8 Å². The molecule has 0 radical (unpaired) electrons. The largest absolute Gasteiger partial charge is 0.484 e. The second-order valence-corrected chi connectivity index (χ2v) is 5.28. The average molecular weight is 317 g/mol. The van der Waals surface area contributed by atoms with E-state index in [0.717, 1.165) is 16.6 Å². The highest BCUT2D eigenvalue weighted by molar-refractivity contribution is 6.30. The molecule has 0 fully saturated rings. The van der Waals surface area contributed by atoms with E-state index in [4.69, 9.17) is 26.6 Å². The van der Waals surface area contributed by atoms with Gasteiger partial charge in [0, 0.05) is 22.9 Å². The maximum Gasteiger partial charge on any atom is 0.255 e. The summed E-state index contributed by atoms with van der Waals surface area (Å²) in [7, 11) is 0. The molecule has 2 aromatic carbocycles. The predicted molar refractivity (Wildman–Crippen MR) is 83.0 cm³/mol. The van der Waals surface area contributed by atoms with Gasteiger partial charge in [-0.25, -0.2) is 0 Å². The van der Waals surface area contributed by atoms with Gasteiger partial charge in [-0.1, -0.05) is 28.9 Å². The number of halogens is 1. The number of primary amides is 1. The van der Waals surface area contributed by atoms with E-state index >= 15 is 0 Å². The minimum Gasteiger partial charge on any atom is -0.484 e. The van der Waals surface area contributed by atoms with Crippen LogP contribution in [0.3, 0.4) is 0 Å². The highest BCUT2D eigenvalue weighted by Gasteiger charge is 2.10. The van der Waals surface area contributed by atoms with Gasteiger partial charge in [-0.3, -0.25) is 4.79 Å². The Balaban J connectivity index is 1.82. The fourth-order valence-corrected chi connectivity index (χ4v) is 2.26. The lowest BCUT2D eigenvalue weighted by atomic mass is 10.1. The summed E-state index contributed by atoms with van der Waals surface area (Å²) >= 11 is 5.88. The maximum atomic E-state index is 10.7. The molecule has 0 saturated heterocycles. The van der Waals surface area contributed by atoms with Gasteiger partial charge in [-0.15, -0.1) is 0 Å². The Morgan fingerprint density at radius 2 is 2.00 bits per heavy atom. The van der Waals surface area contributed by atoms with E-state index in [-0.39, 0.29) is 6.61 Å². The molecule has 0 aliphatic rings. The molecule has 1 amide bonds. The van der Waals surface area contributed by atoms with Crippen LogP contribution in [0.5, 0.6) is 5.75 Å². The summed E-state index contributed by atoms with van der Waals surface area (Å²) in [6, 6.07) is 12.9. The van der Waals surface area contributed by atoms with Crippen LogP contribution in [0.15, 0.2) is 47.0 Å². The van der Waals surface area contributed by atoms with E-state index in [1.165, 1.54) is 0 Å². The summed E-state index contributed by atoms with van der Waals surface area (Å²) in [5.74, 6) is -0.0124. The van der Waals surface area contributed by atoms with Crippen LogP contribution in [0.25, 0.3) is 11.0 Å². The first-order valence-electron chi connectivity index (χ1n) is 6.65. The summed E-state index contributed by atoms with van der Waals surface area (Å²) < 4.78 is 10.6. The summed E-state index contributed by atoms with van der Waals surface area (Å²) in [6.07, 6.45) is 0.645. The number of amides is 1. The molecule has 2 N–H and O–H groups in total. The molecule has 5 nitrogen and oxygen atoms in total. The van der Waals surface area contributed by atoms with Crippen LogP contribution in [0.4, 0.5) is 0 Å². The van der Waals surface area contributed by atoms with Gasteiger partial charge in [0.05, 0.1) is 5.69 Å². The van der Waals surface area contributed by atoms with Crippen molar-refractivity contribution in [2.24, 2.45) is 5.73 Å². The predicted octanol–water partition coefficient (Wildman–Crippen LogP) is 2.94. The third-order valence-electron chi connectivity index (χ3n) is 3.18. The molecular formula is C16H13ClN2O3. The van der Waals surface area contributed by atoms with Crippen molar-refractivity contribution in [2.45, 2.75) is 6.42 Å². The summed E-state index contributed by atoms with van der Waals surface area (Å²) in [5, 5.41) is 5.70. The number of fused-ring (bicyclic) bond motifs is 1. The number of carbonyl (C=O) groups excluding carboxylic acids is 1. The molecule has 0 aliphatic heterocycles. The monoisotopic (exact) mass is 316 g/mol. The van der Waals surface area contributed by atoms with Crippen molar-refractivity contribution in [2.75, 3.05) is 6.61 Å². The molecule has 0 bridgehead atoms. The van der Waals surface area contributed by atoms with Crippen molar-refractivity contribution in [1.29, 1.82) is 0 Å². The third-order valence-corrected chi connectivity index (χ3v) is 3.44. The van der Waals surface area contributed by atoms with E-state index in [1.54, 1.807) is 12.1 Å². The quantitative estimate of drug-likeness (QED) is 0.785. The molecule has 0 atom stereocenters. The lowest BCUT2D eigenvalue weighted by Gasteiger charge is -2.02. The first kappa shape index (κ1) is 14.4. The first-order valence-corrected chi connectivity index (χ1v) is 7.03. The van der Waals surface area contributed by atoms with Crippen LogP contribution in [0, 0.1) is 0 Å². The smallest absolute Gasteiger partial charge is 0.255 e. The Kier molecular flexibility index (Phi) is 3.98. The maximum absolute atomic E-state index is 10.7. The Morgan fingerprint density at radius 3 is 2.73 bits per heavy atom. The summed E-state index contributed by atoms with van der Waals surface area (Å²) in [4.78, 5) is 10.7. The van der Waals surface area contributed by atoms with Crippen LogP contribution < -0.4 is 10.5 Å². The van der Waals surface area contributed by atoms with Crippen molar-refractivity contribution in [1.82, 2.24) is 5.16 Å².